The molecule has 0 aromatic carbocycles. The quantitative estimate of drug-likeness (QED) is 0.787. The summed E-state index contributed by atoms with van der Waals surface area (Å²) in [4.78, 5) is 16.7. The van der Waals surface area contributed by atoms with Crippen LogP contribution in [-0.2, 0) is 13.0 Å². The molecule has 2 aromatic rings. The molecule has 2 aliphatic heterocycles. The van der Waals surface area contributed by atoms with E-state index in [9.17, 15) is 4.79 Å². The fourth-order valence-corrected chi connectivity index (χ4v) is 5.35. The molecular weight excluding hydrogens is 314 g/mol. The molecule has 1 unspecified atom stereocenters. The van der Waals surface area contributed by atoms with Crippen LogP contribution in [0, 0.1) is 0 Å². The van der Waals surface area contributed by atoms with Gasteiger partial charge >= 0.3 is 0 Å². The zero-order valence-corrected chi connectivity index (χ0v) is 14.4. The lowest BCUT2D eigenvalue weighted by atomic mass is 10.0. The van der Waals surface area contributed by atoms with Gasteiger partial charge in [0.15, 0.2) is 0 Å². The first-order valence-corrected chi connectivity index (χ1v) is 9.43. The van der Waals surface area contributed by atoms with E-state index in [1.54, 1.807) is 27.6 Å². The third-order valence-electron chi connectivity index (χ3n) is 4.60. The highest BCUT2D eigenvalue weighted by Gasteiger charge is 2.35. The zero-order chi connectivity index (χ0) is 15.3. The molecule has 116 valence electrons. The van der Waals surface area contributed by atoms with Crippen molar-refractivity contribution in [1.29, 1.82) is 0 Å². The van der Waals surface area contributed by atoms with Crippen LogP contribution in [0.2, 0.25) is 0 Å². The molecule has 0 bridgehead atoms. The number of nitrogens with one attached hydrogen (secondary N) is 3. The van der Waals surface area contributed by atoms with Crippen molar-refractivity contribution in [1.82, 2.24) is 5.32 Å². The van der Waals surface area contributed by atoms with Crippen LogP contribution >= 0.6 is 22.7 Å². The number of thiophene rings is 2. The molecule has 0 aliphatic carbocycles. The predicted octanol–water partition coefficient (Wildman–Crippen LogP) is 2.01. The highest BCUT2D eigenvalue weighted by atomic mass is 32.1. The Labute approximate surface area is 138 Å². The van der Waals surface area contributed by atoms with Crippen molar-refractivity contribution in [3.8, 4) is 0 Å². The summed E-state index contributed by atoms with van der Waals surface area (Å²) in [5, 5.41) is 9.72. The van der Waals surface area contributed by atoms with E-state index in [0.29, 0.717) is 6.04 Å². The first-order chi connectivity index (χ1) is 10.6. The van der Waals surface area contributed by atoms with Gasteiger partial charge in [-0.1, -0.05) is 6.07 Å². The third kappa shape index (κ3) is 2.26. The van der Waals surface area contributed by atoms with Crippen LogP contribution in [0.4, 0.5) is 5.00 Å². The maximum absolute atomic E-state index is 12.6. The van der Waals surface area contributed by atoms with Crippen molar-refractivity contribution in [2.75, 3.05) is 11.9 Å². The van der Waals surface area contributed by atoms with Gasteiger partial charge in [0.1, 0.15) is 17.7 Å². The van der Waals surface area contributed by atoms with Gasteiger partial charge < -0.3 is 15.5 Å². The molecule has 22 heavy (non-hydrogen) atoms. The number of hydrogen-bond donors (Lipinski definition) is 3. The van der Waals surface area contributed by atoms with Crippen molar-refractivity contribution in [2.45, 2.75) is 39.0 Å². The van der Waals surface area contributed by atoms with Crippen molar-refractivity contribution >= 4 is 33.6 Å². The molecule has 4 nitrogen and oxygen atoms in total. The average Bonchev–Trinajstić information content (AvgIpc) is 3.13. The summed E-state index contributed by atoms with van der Waals surface area (Å²) in [5.74, 6) is 0.0812. The maximum Gasteiger partial charge on any atom is 0.256 e. The Morgan fingerprint density at radius 3 is 2.95 bits per heavy atom. The molecule has 4 heterocycles. The summed E-state index contributed by atoms with van der Waals surface area (Å²) >= 11 is 3.44. The highest BCUT2D eigenvalue weighted by Crippen LogP contribution is 2.39. The van der Waals surface area contributed by atoms with E-state index in [0.717, 1.165) is 35.0 Å². The molecule has 0 radical (unpaired) electrons. The molecule has 0 saturated carbocycles. The van der Waals surface area contributed by atoms with Gasteiger partial charge in [-0.15, -0.1) is 22.7 Å². The summed E-state index contributed by atoms with van der Waals surface area (Å²) in [5.41, 5.74) is 2.18. The predicted molar refractivity (Wildman–Crippen MR) is 90.8 cm³/mol. The second-order valence-corrected chi connectivity index (χ2v) is 8.35. The fourth-order valence-electron chi connectivity index (χ4n) is 3.30. The summed E-state index contributed by atoms with van der Waals surface area (Å²) < 4.78 is 0. The van der Waals surface area contributed by atoms with Crippen molar-refractivity contribution in [3.63, 3.8) is 0 Å². The number of anilines is 1. The lowest BCUT2D eigenvalue weighted by molar-refractivity contribution is -0.936. The van der Waals surface area contributed by atoms with Crippen LogP contribution in [0.15, 0.2) is 17.5 Å². The monoisotopic (exact) mass is 334 g/mol. The Bertz CT molecular complexity index is 705. The van der Waals surface area contributed by atoms with Crippen LogP contribution in [0.5, 0.6) is 0 Å². The number of carbonyl (C=O) groups excluding carboxylic acids is 1. The number of carbonyl (C=O) groups is 1. The van der Waals surface area contributed by atoms with Crippen molar-refractivity contribution in [2.24, 2.45) is 0 Å². The Balaban J connectivity index is 1.67. The van der Waals surface area contributed by atoms with Crippen LogP contribution < -0.4 is 15.5 Å². The van der Waals surface area contributed by atoms with E-state index in [1.807, 2.05) is 11.4 Å². The Morgan fingerprint density at radius 2 is 2.23 bits per heavy atom. The highest BCUT2D eigenvalue weighted by molar-refractivity contribution is 7.16. The molecule has 3 N–H and O–H groups in total. The fraction of sp³-hybridized carbons (Fsp3) is 0.438. The van der Waals surface area contributed by atoms with Gasteiger partial charge in [0.2, 0.25) is 0 Å². The van der Waals surface area contributed by atoms with E-state index < -0.39 is 0 Å². The largest absolute Gasteiger partial charge is 0.352 e. The number of hydrogen-bond acceptors (Lipinski definition) is 4. The SMILES string of the molecule is CC(C)[NH+]1CCc2c(sc3c2C(=O)N[C@@H](c2cccs2)N3)C1. The summed E-state index contributed by atoms with van der Waals surface area (Å²) in [6, 6.07) is 4.71. The minimum absolute atomic E-state index is 0.0812. The normalized spacial score (nSPS) is 23.7. The molecule has 1 amide bonds. The van der Waals surface area contributed by atoms with Gasteiger partial charge in [-0.05, 0) is 30.9 Å². The molecular formula is C16H20N3OS2+. The van der Waals surface area contributed by atoms with Gasteiger partial charge in [-0.3, -0.25) is 4.79 Å². The Hall–Kier alpha value is -1.37. The second kappa shape index (κ2) is 5.37. The molecule has 4 rings (SSSR count). The molecule has 2 aromatic heterocycles. The molecule has 0 spiro atoms. The standard InChI is InChI=1S/C16H19N3OS2/c1-9(2)19-6-5-10-12(8-19)22-16-13(10)15(20)17-14(18-16)11-4-3-7-21-11/h3-4,7,9,14,18H,5-6,8H2,1-2H3,(H,17,20)/p+1/t14-/m1/s1. The molecule has 2 aliphatic rings. The van der Waals surface area contributed by atoms with E-state index in [4.69, 9.17) is 0 Å². The van der Waals surface area contributed by atoms with Gasteiger partial charge in [0, 0.05) is 11.3 Å². The molecule has 0 saturated heterocycles. The lowest BCUT2D eigenvalue weighted by Crippen LogP contribution is -3.14. The Kier molecular flexibility index (Phi) is 3.47. The topological polar surface area (TPSA) is 45.6 Å². The number of amides is 1. The van der Waals surface area contributed by atoms with Crippen LogP contribution in [0.1, 0.15) is 45.7 Å². The lowest BCUT2D eigenvalue weighted by Gasteiger charge is -2.28. The summed E-state index contributed by atoms with van der Waals surface area (Å²) in [6.45, 7) is 6.70. The summed E-state index contributed by atoms with van der Waals surface area (Å²) in [6.07, 6.45) is 0.918. The molecule has 6 heteroatoms. The van der Waals surface area contributed by atoms with Gasteiger partial charge in [0.25, 0.3) is 5.91 Å². The van der Waals surface area contributed by atoms with E-state index >= 15 is 0 Å². The third-order valence-corrected chi connectivity index (χ3v) is 6.70. The second-order valence-electron chi connectivity index (χ2n) is 6.26. The van der Waals surface area contributed by atoms with Gasteiger partial charge in [-0.2, -0.15) is 0 Å². The van der Waals surface area contributed by atoms with E-state index in [1.165, 1.54) is 10.4 Å². The van der Waals surface area contributed by atoms with Crippen LogP contribution in [-0.4, -0.2) is 18.5 Å². The molecule has 2 atom stereocenters. The first-order valence-electron chi connectivity index (χ1n) is 7.73. The van der Waals surface area contributed by atoms with Gasteiger partial charge in [-0.25, -0.2) is 0 Å². The van der Waals surface area contributed by atoms with Crippen molar-refractivity contribution in [3.05, 3.63) is 38.4 Å². The van der Waals surface area contributed by atoms with Crippen molar-refractivity contribution < 1.29 is 9.69 Å². The number of rotatable bonds is 2. The minimum atomic E-state index is -0.0892. The Morgan fingerprint density at radius 1 is 1.36 bits per heavy atom. The van der Waals surface area contributed by atoms with E-state index in [2.05, 4.69) is 30.5 Å². The van der Waals surface area contributed by atoms with Crippen LogP contribution in [0.3, 0.4) is 0 Å². The number of fused-ring (bicyclic) bond motifs is 3. The van der Waals surface area contributed by atoms with Crippen LogP contribution in [0.25, 0.3) is 0 Å². The first kappa shape index (κ1) is 14.2. The smallest absolute Gasteiger partial charge is 0.256 e. The maximum atomic E-state index is 12.6. The van der Waals surface area contributed by atoms with Gasteiger partial charge in [0.05, 0.1) is 23.0 Å². The van der Waals surface area contributed by atoms with E-state index in [-0.39, 0.29) is 12.1 Å². The molecule has 0 fully saturated rings. The average molecular weight is 334 g/mol. The minimum Gasteiger partial charge on any atom is -0.352 e. The summed E-state index contributed by atoms with van der Waals surface area (Å²) in [7, 11) is 0. The zero-order valence-electron chi connectivity index (χ0n) is 12.7. The number of quaternary nitrogens is 1.